The highest BCUT2D eigenvalue weighted by atomic mass is 16.2. The van der Waals surface area contributed by atoms with Crippen molar-refractivity contribution in [2.75, 3.05) is 26.2 Å². The first kappa shape index (κ1) is 15.6. The van der Waals surface area contributed by atoms with Crippen LogP contribution >= 0.6 is 0 Å². The topological polar surface area (TPSA) is 52.7 Å². The molecule has 24 heavy (non-hydrogen) atoms. The molecule has 0 bridgehead atoms. The van der Waals surface area contributed by atoms with Crippen LogP contribution in [-0.4, -0.2) is 53.5 Å². The Labute approximate surface area is 143 Å². The van der Waals surface area contributed by atoms with Crippen LogP contribution in [0.2, 0.25) is 0 Å². The molecule has 3 amide bonds. The van der Waals surface area contributed by atoms with Gasteiger partial charge in [0.2, 0.25) is 0 Å². The smallest absolute Gasteiger partial charge is 0.323 e. The second kappa shape index (κ2) is 6.20. The molecule has 1 aromatic rings. The van der Waals surface area contributed by atoms with Crippen LogP contribution in [0.1, 0.15) is 36.8 Å². The molecule has 1 saturated carbocycles. The van der Waals surface area contributed by atoms with Gasteiger partial charge in [-0.3, -0.25) is 9.69 Å². The molecule has 128 valence electrons. The molecule has 0 aromatic heterocycles. The van der Waals surface area contributed by atoms with Crippen molar-refractivity contribution in [3.05, 3.63) is 35.4 Å². The lowest BCUT2D eigenvalue weighted by Crippen LogP contribution is -2.45. The number of carbonyl (C=O) groups is 2. The van der Waals surface area contributed by atoms with Gasteiger partial charge in [0.15, 0.2) is 0 Å². The number of carbonyl (C=O) groups excluding carboxylic acids is 2. The number of nitrogens with one attached hydrogen (secondary N) is 1. The van der Waals surface area contributed by atoms with Crippen molar-refractivity contribution in [1.29, 1.82) is 0 Å². The van der Waals surface area contributed by atoms with Gasteiger partial charge in [-0.05, 0) is 36.8 Å². The normalized spacial score (nSPS) is 23.4. The molecule has 2 heterocycles. The number of fused-ring (bicyclic) bond motifs is 1. The first-order chi connectivity index (χ1) is 11.7. The summed E-state index contributed by atoms with van der Waals surface area (Å²) in [6.07, 6.45) is 5.75. The number of hydrogen-bond donors (Lipinski definition) is 1. The second-order valence-corrected chi connectivity index (χ2v) is 7.29. The van der Waals surface area contributed by atoms with Gasteiger partial charge >= 0.3 is 6.03 Å². The lowest BCUT2D eigenvalue weighted by Gasteiger charge is -2.23. The first-order valence-electron chi connectivity index (χ1n) is 9.11. The highest BCUT2D eigenvalue weighted by Crippen LogP contribution is 2.34. The van der Waals surface area contributed by atoms with Crippen molar-refractivity contribution in [1.82, 2.24) is 15.1 Å². The van der Waals surface area contributed by atoms with Gasteiger partial charge in [0.05, 0.1) is 0 Å². The van der Waals surface area contributed by atoms with Gasteiger partial charge in [-0.2, -0.15) is 0 Å². The number of hydrogen-bond acceptors (Lipinski definition) is 3. The fourth-order valence-corrected chi connectivity index (χ4v) is 4.38. The zero-order chi connectivity index (χ0) is 16.6. The SMILES string of the molecule is O=C1NC2(CCCC2)C(=O)N1CCN1CCc2ccccc2CC1. The molecule has 4 rings (SSSR count). The predicted octanol–water partition coefficient (Wildman–Crippen LogP) is 1.95. The van der Waals surface area contributed by atoms with Gasteiger partial charge in [-0.1, -0.05) is 37.1 Å². The van der Waals surface area contributed by atoms with Crippen molar-refractivity contribution in [2.24, 2.45) is 0 Å². The highest BCUT2D eigenvalue weighted by Gasteiger charge is 2.52. The Morgan fingerprint density at radius 2 is 1.58 bits per heavy atom. The molecule has 1 aromatic carbocycles. The monoisotopic (exact) mass is 327 g/mol. The molecule has 0 atom stereocenters. The molecule has 0 radical (unpaired) electrons. The molecule has 3 aliphatic rings. The molecule has 2 fully saturated rings. The summed E-state index contributed by atoms with van der Waals surface area (Å²) in [5.41, 5.74) is 2.28. The third-order valence-electron chi connectivity index (χ3n) is 5.86. The number of nitrogens with zero attached hydrogens (tertiary/aromatic N) is 2. The summed E-state index contributed by atoms with van der Waals surface area (Å²) in [7, 11) is 0. The molecular weight excluding hydrogens is 302 g/mol. The van der Waals surface area contributed by atoms with E-state index in [1.165, 1.54) is 16.0 Å². The Kier molecular flexibility index (Phi) is 4.04. The third kappa shape index (κ3) is 2.71. The Balaban J connectivity index is 1.36. The van der Waals surface area contributed by atoms with Gasteiger partial charge in [-0.15, -0.1) is 0 Å². The summed E-state index contributed by atoms with van der Waals surface area (Å²) in [5.74, 6) is 0.00288. The van der Waals surface area contributed by atoms with Crippen molar-refractivity contribution in [3.63, 3.8) is 0 Å². The maximum atomic E-state index is 12.7. The van der Waals surface area contributed by atoms with Crippen LogP contribution in [0.3, 0.4) is 0 Å². The van der Waals surface area contributed by atoms with E-state index < -0.39 is 5.54 Å². The largest absolute Gasteiger partial charge is 0.325 e. The highest BCUT2D eigenvalue weighted by molar-refractivity contribution is 6.07. The molecule has 1 spiro atoms. The van der Waals surface area contributed by atoms with E-state index in [0.717, 1.165) is 58.2 Å². The first-order valence-corrected chi connectivity index (χ1v) is 9.11. The van der Waals surface area contributed by atoms with Crippen molar-refractivity contribution < 1.29 is 9.59 Å². The van der Waals surface area contributed by atoms with Crippen LogP contribution in [0.25, 0.3) is 0 Å². The Hall–Kier alpha value is -1.88. The average molecular weight is 327 g/mol. The predicted molar refractivity (Wildman–Crippen MR) is 91.7 cm³/mol. The molecule has 0 unspecified atom stereocenters. The minimum absolute atomic E-state index is 0.00288. The Morgan fingerprint density at radius 1 is 0.958 bits per heavy atom. The van der Waals surface area contributed by atoms with E-state index in [0.29, 0.717) is 6.54 Å². The van der Waals surface area contributed by atoms with Crippen molar-refractivity contribution in [2.45, 2.75) is 44.1 Å². The van der Waals surface area contributed by atoms with Crippen molar-refractivity contribution in [3.8, 4) is 0 Å². The van der Waals surface area contributed by atoms with E-state index in [9.17, 15) is 9.59 Å². The number of urea groups is 1. The van der Waals surface area contributed by atoms with E-state index in [-0.39, 0.29) is 11.9 Å². The van der Waals surface area contributed by atoms with Gasteiger partial charge in [0, 0.05) is 26.2 Å². The summed E-state index contributed by atoms with van der Waals surface area (Å²) in [4.78, 5) is 28.7. The Morgan fingerprint density at radius 3 is 2.21 bits per heavy atom. The quantitative estimate of drug-likeness (QED) is 0.864. The van der Waals surface area contributed by atoms with Gasteiger partial charge < -0.3 is 10.2 Å². The molecule has 5 nitrogen and oxygen atoms in total. The Bertz CT molecular complexity index is 625. The van der Waals surface area contributed by atoms with Crippen LogP contribution < -0.4 is 5.32 Å². The minimum atomic E-state index is -0.577. The molecule has 1 aliphatic carbocycles. The summed E-state index contributed by atoms with van der Waals surface area (Å²) in [5, 5.41) is 2.96. The summed E-state index contributed by atoms with van der Waals surface area (Å²) in [6.45, 7) is 3.25. The summed E-state index contributed by atoms with van der Waals surface area (Å²) < 4.78 is 0. The third-order valence-corrected chi connectivity index (χ3v) is 5.86. The molecular formula is C19H25N3O2. The number of rotatable bonds is 3. The summed E-state index contributed by atoms with van der Waals surface area (Å²) in [6, 6.07) is 8.42. The fraction of sp³-hybridized carbons (Fsp3) is 0.579. The maximum Gasteiger partial charge on any atom is 0.325 e. The van der Waals surface area contributed by atoms with Gasteiger partial charge in [0.1, 0.15) is 5.54 Å². The average Bonchev–Trinajstić information content (AvgIpc) is 3.07. The zero-order valence-corrected chi connectivity index (χ0v) is 14.1. The molecule has 1 N–H and O–H groups in total. The number of amides is 3. The zero-order valence-electron chi connectivity index (χ0n) is 14.1. The lowest BCUT2D eigenvalue weighted by atomic mass is 9.98. The maximum absolute atomic E-state index is 12.7. The molecule has 1 saturated heterocycles. The van der Waals surface area contributed by atoms with E-state index in [1.54, 1.807) is 0 Å². The van der Waals surface area contributed by atoms with Crippen LogP contribution in [0.4, 0.5) is 4.79 Å². The van der Waals surface area contributed by atoms with E-state index in [2.05, 4.69) is 34.5 Å². The van der Waals surface area contributed by atoms with Crippen LogP contribution in [0.15, 0.2) is 24.3 Å². The fourth-order valence-electron chi connectivity index (χ4n) is 4.38. The standard InChI is InChI=1S/C19H25N3O2/c23-17-19(9-3-4-10-19)20-18(24)22(17)14-13-21-11-7-15-5-1-2-6-16(15)8-12-21/h1-2,5-6H,3-4,7-14H2,(H,20,24). The second-order valence-electron chi connectivity index (χ2n) is 7.29. The van der Waals surface area contributed by atoms with E-state index in [4.69, 9.17) is 0 Å². The number of imide groups is 1. The molecule has 2 aliphatic heterocycles. The van der Waals surface area contributed by atoms with Crippen LogP contribution in [0, 0.1) is 0 Å². The molecule has 5 heteroatoms. The van der Waals surface area contributed by atoms with Gasteiger partial charge in [-0.25, -0.2) is 4.79 Å². The lowest BCUT2D eigenvalue weighted by molar-refractivity contribution is -0.131. The van der Waals surface area contributed by atoms with Crippen LogP contribution in [0.5, 0.6) is 0 Å². The van der Waals surface area contributed by atoms with Crippen molar-refractivity contribution >= 4 is 11.9 Å². The van der Waals surface area contributed by atoms with E-state index >= 15 is 0 Å². The van der Waals surface area contributed by atoms with E-state index in [1.807, 2.05) is 0 Å². The van der Waals surface area contributed by atoms with Crippen LogP contribution in [-0.2, 0) is 17.6 Å². The summed E-state index contributed by atoms with van der Waals surface area (Å²) >= 11 is 0. The minimum Gasteiger partial charge on any atom is -0.323 e. The van der Waals surface area contributed by atoms with Gasteiger partial charge in [0.25, 0.3) is 5.91 Å². The number of benzene rings is 1.